The Morgan fingerprint density at radius 2 is 1.89 bits per heavy atom. The van der Waals surface area contributed by atoms with Gasteiger partial charge in [-0.25, -0.2) is 0 Å². The van der Waals surface area contributed by atoms with E-state index >= 15 is 0 Å². The Kier molecular flexibility index (Phi) is 4.62. The van der Waals surface area contributed by atoms with Gasteiger partial charge in [-0.05, 0) is 44.7 Å². The quantitative estimate of drug-likeness (QED) is 0.830. The van der Waals surface area contributed by atoms with Gasteiger partial charge in [-0.3, -0.25) is 4.79 Å². The summed E-state index contributed by atoms with van der Waals surface area (Å²) >= 11 is 0. The Balaban J connectivity index is 1.78. The van der Waals surface area contributed by atoms with Gasteiger partial charge in [-0.2, -0.15) is 0 Å². The molecule has 1 saturated carbocycles. The van der Waals surface area contributed by atoms with Crippen LogP contribution in [0.1, 0.15) is 32.6 Å². The highest BCUT2D eigenvalue weighted by Crippen LogP contribution is 2.27. The van der Waals surface area contributed by atoms with E-state index < -0.39 is 0 Å². The number of carbonyl (C=O) groups excluding carboxylic acids is 1. The van der Waals surface area contributed by atoms with Gasteiger partial charge in [0.15, 0.2) is 0 Å². The number of hydrogen-bond donors (Lipinski definition) is 1. The van der Waals surface area contributed by atoms with Gasteiger partial charge in [0, 0.05) is 11.7 Å². The molecule has 3 heteroatoms. The van der Waals surface area contributed by atoms with Crippen LogP contribution < -0.4 is 5.32 Å². The number of hydrogen-bond acceptors (Lipinski definition) is 3. The number of nitrogens with one attached hydrogen (secondary N) is 1. The van der Waals surface area contributed by atoms with E-state index in [0.29, 0.717) is 12.6 Å². The molecule has 0 unspecified atom stereocenters. The van der Waals surface area contributed by atoms with Crippen LogP contribution in [0.4, 0.5) is 5.69 Å². The molecule has 1 fully saturated rings. The van der Waals surface area contributed by atoms with Crippen LogP contribution in [0.15, 0.2) is 30.3 Å². The molecule has 0 bridgehead atoms. The first-order valence-corrected chi connectivity index (χ1v) is 6.78. The molecule has 18 heavy (non-hydrogen) atoms. The van der Waals surface area contributed by atoms with Crippen LogP contribution in [0, 0.1) is 5.92 Å². The Hall–Kier alpha value is -1.51. The summed E-state index contributed by atoms with van der Waals surface area (Å²) in [5.41, 5.74) is 1.16. The number of benzene rings is 1. The van der Waals surface area contributed by atoms with Crippen LogP contribution in [0.2, 0.25) is 0 Å². The molecule has 0 atom stereocenters. The Bertz CT molecular complexity index is 369. The topological polar surface area (TPSA) is 38.3 Å². The van der Waals surface area contributed by atoms with E-state index in [2.05, 4.69) is 17.4 Å². The molecule has 1 aromatic rings. The molecule has 1 aliphatic rings. The van der Waals surface area contributed by atoms with E-state index in [1.165, 1.54) is 0 Å². The lowest BCUT2D eigenvalue weighted by molar-refractivity contribution is -0.149. The molecule has 1 aliphatic carbocycles. The summed E-state index contributed by atoms with van der Waals surface area (Å²) in [6.07, 6.45) is 3.95. The third kappa shape index (κ3) is 3.49. The zero-order valence-electron chi connectivity index (χ0n) is 10.9. The Morgan fingerprint density at radius 3 is 2.50 bits per heavy atom. The summed E-state index contributed by atoms with van der Waals surface area (Å²) < 4.78 is 5.08. The van der Waals surface area contributed by atoms with Gasteiger partial charge in [0.1, 0.15) is 0 Å². The normalized spacial score (nSPS) is 23.4. The van der Waals surface area contributed by atoms with Crippen molar-refractivity contribution in [2.45, 2.75) is 38.6 Å². The lowest BCUT2D eigenvalue weighted by Gasteiger charge is -2.28. The van der Waals surface area contributed by atoms with Crippen molar-refractivity contribution in [2.75, 3.05) is 11.9 Å². The number of rotatable bonds is 4. The summed E-state index contributed by atoms with van der Waals surface area (Å²) in [5, 5.41) is 3.52. The number of ether oxygens (including phenoxy) is 1. The maximum Gasteiger partial charge on any atom is 0.308 e. The molecule has 0 heterocycles. The second-order valence-electron chi connectivity index (χ2n) is 4.81. The highest BCUT2D eigenvalue weighted by Gasteiger charge is 2.26. The second-order valence-corrected chi connectivity index (χ2v) is 4.81. The molecular formula is C15H21NO2. The molecular weight excluding hydrogens is 226 g/mol. The van der Waals surface area contributed by atoms with E-state index in [-0.39, 0.29) is 11.9 Å². The SMILES string of the molecule is CCOC(=O)[C@H]1CC[C@H](Nc2ccccc2)CC1. The van der Waals surface area contributed by atoms with Crippen molar-refractivity contribution >= 4 is 11.7 Å². The standard InChI is InChI=1S/C15H21NO2/c1-2-18-15(17)12-8-10-14(11-9-12)16-13-6-4-3-5-7-13/h3-7,12,14,16H,2,8-11H2,1H3/t12-,14-. The molecule has 98 valence electrons. The lowest BCUT2D eigenvalue weighted by Crippen LogP contribution is -2.30. The van der Waals surface area contributed by atoms with Crippen molar-refractivity contribution in [1.29, 1.82) is 0 Å². The maximum absolute atomic E-state index is 11.6. The van der Waals surface area contributed by atoms with Crippen LogP contribution >= 0.6 is 0 Å². The molecule has 3 nitrogen and oxygen atoms in total. The molecule has 0 spiro atoms. The monoisotopic (exact) mass is 247 g/mol. The molecule has 0 amide bonds. The van der Waals surface area contributed by atoms with Crippen LogP contribution in [-0.2, 0) is 9.53 Å². The predicted octanol–water partition coefficient (Wildman–Crippen LogP) is 3.22. The van der Waals surface area contributed by atoms with Crippen molar-refractivity contribution in [3.63, 3.8) is 0 Å². The van der Waals surface area contributed by atoms with Crippen LogP contribution in [0.3, 0.4) is 0 Å². The Morgan fingerprint density at radius 1 is 1.22 bits per heavy atom. The van der Waals surface area contributed by atoms with Crippen LogP contribution in [0.25, 0.3) is 0 Å². The lowest BCUT2D eigenvalue weighted by atomic mass is 9.86. The van der Waals surface area contributed by atoms with Crippen molar-refractivity contribution in [1.82, 2.24) is 0 Å². The van der Waals surface area contributed by atoms with Gasteiger partial charge in [0.25, 0.3) is 0 Å². The minimum absolute atomic E-state index is 0.0179. The average Bonchev–Trinajstić information content (AvgIpc) is 2.41. The minimum atomic E-state index is -0.0179. The molecule has 0 aromatic heterocycles. The summed E-state index contributed by atoms with van der Waals surface area (Å²) in [5.74, 6) is 0.0921. The first kappa shape index (κ1) is 12.9. The third-order valence-corrected chi connectivity index (χ3v) is 3.49. The summed E-state index contributed by atoms with van der Waals surface area (Å²) in [6.45, 7) is 2.35. The fraction of sp³-hybridized carbons (Fsp3) is 0.533. The molecule has 0 aliphatic heterocycles. The third-order valence-electron chi connectivity index (χ3n) is 3.49. The van der Waals surface area contributed by atoms with Gasteiger partial charge in [0.05, 0.1) is 12.5 Å². The van der Waals surface area contributed by atoms with Gasteiger partial charge < -0.3 is 10.1 Å². The number of esters is 1. The van der Waals surface area contributed by atoms with Crippen LogP contribution in [-0.4, -0.2) is 18.6 Å². The first-order chi connectivity index (χ1) is 8.79. The van der Waals surface area contributed by atoms with E-state index in [1.807, 2.05) is 25.1 Å². The second kappa shape index (κ2) is 6.43. The summed E-state index contributed by atoms with van der Waals surface area (Å²) in [4.78, 5) is 11.6. The molecule has 0 saturated heterocycles. The maximum atomic E-state index is 11.6. The van der Waals surface area contributed by atoms with Crippen LogP contribution in [0.5, 0.6) is 0 Å². The number of carbonyl (C=O) groups is 1. The zero-order valence-corrected chi connectivity index (χ0v) is 10.9. The summed E-state index contributed by atoms with van der Waals surface area (Å²) in [6, 6.07) is 10.7. The predicted molar refractivity (Wildman–Crippen MR) is 72.4 cm³/mol. The van der Waals surface area contributed by atoms with E-state index in [1.54, 1.807) is 0 Å². The fourth-order valence-corrected chi connectivity index (χ4v) is 2.50. The first-order valence-electron chi connectivity index (χ1n) is 6.78. The smallest absolute Gasteiger partial charge is 0.308 e. The van der Waals surface area contributed by atoms with Gasteiger partial charge >= 0.3 is 5.97 Å². The number of para-hydroxylation sites is 1. The zero-order chi connectivity index (χ0) is 12.8. The molecule has 1 aromatic carbocycles. The van der Waals surface area contributed by atoms with Gasteiger partial charge in [0.2, 0.25) is 0 Å². The molecule has 0 radical (unpaired) electrons. The van der Waals surface area contributed by atoms with Crippen molar-refractivity contribution in [3.8, 4) is 0 Å². The summed E-state index contributed by atoms with van der Waals surface area (Å²) in [7, 11) is 0. The Labute approximate surface area is 109 Å². The van der Waals surface area contributed by atoms with Crippen molar-refractivity contribution < 1.29 is 9.53 Å². The largest absolute Gasteiger partial charge is 0.466 e. The van der Waals surface area contributed by atoms with E-state index in [4.69, 9.17) is 4.74 Å². The molecule has 2 rings (SSSR count). The highest BCUT2D eigenvalue weighted by atomic mass is 16.5. The average molecular weight is 247 g/mol. The van der Waals surface area contributed by atoms with E-state index in [9.17, 15) is 4.79 Å². The molecule has 1 N–H and O–H groups in total. The van der Waals surface area contributed by atoms with Crippen molar-refractivity contribution in [3.05, 3.63) is 30.3 Å². The van der Waals surface area contributed by atoms with Crippen molar-refractivity contribution in [2.24, 2.45) is 5.92 Å². The number of anilines is 1. The van der Waals surface area contributed by atoms with Gasteiger partial charge in [-0.15, -0.1) is 0 Å². The minimum Gasteiger partial charge on any atom is -0.466 e. The van der Waals surface area contributed by atoms with Gasteiger partial charge in [-0.1, -0.05) is 18.2 Å². The fourth-order valence-electron chi connectivity index (χ4n) is 2.50. The van der Waals surface area contributed by atoms with E-state index in [0.717, 1.165) is 31.4 Å². The highest BCUT2D eigenvalue weighted by molar-refractivity contribution is 5.72.